The molecular formula is C17H9Br2Cl2N3O2S. The molecule has 5 nitrogen and oxygen atoms in total. The van der Waals surface area contributed by atoms with Crippen LogP contribution in [0.3, 0.4) is 0 Å². The predicted molar refractivity (Wildman–Crippen MR) is 116 cm³/mol. The molecule has 1 amide bonds. The van der Waals surface area contributed by atoms with E-state index in [1.807, 2.05) is 0 Å². The highest BCUT2D eigenvalue weighted by molar-refractivity contribution is 9.11. The van der Waals surface area contributed by atoms with Crippen molar-refractivity contribution in [3.8, 4) is 16.3 Å². The van der Waals surface area contributed by atoms with Crippen LogP contribution in [0.1, 0.15) is 16.1 Å². The molecule has 1 heterocycles. The fourth-order valence-corrected chi connectivity index (χ4v) is 4.55. The van der Waals surface area contributed by atoms with E-state index in [0.29, 0.717) is 35.1 Å². The second kappa shape index (κ2) is 8.70. The highest BCUT2D eigenvalue weighted by Gasteiger charge is 2.14. The molecule has 0 aliphatic carbocycles. The number of benzene rings is 2. The minimum absolute atomic E-state index is 0.0888. The fraction of sp³-hybridized carbons (Fsp3) is 0. The van der Waals surface area contributed by atoms with Crippen molar-refractivity contribution in [3.05, 3.63) is 66.0 Å². The van der Waals surface area contributed by atoms with Crippen LogP contribution in [0.4, 0.5) is 0 Å². The van der Waals surface area contributed by atoms with Gasteiger partial charge in [-0.15, -0.1) is 11.3 Å². The molecule has 0 radical (unpaired) electrons. The van der Waals surface area contributed by atoms with Gasteiger partial charge in [0.15, 0.2) is 0 Å². The minimum atomic E-state index is -0.455. The van der Waals surface area contributed by atoms with E-state index >= 15 is 0 Å². The highest BCUT2D eigenvalue weighted by Crippen LogP contribution is 2.35. The lowest BCUT2D eigenvalue weighted by molar-refractivity contribution is 0.0951. The van der Waals surface area contributed by atoms with Gasteiger partial charge in [0.2, 0.25) is 0 Å². The van der Waals surface area contributed by atoms with Gasteiger partial charge >= 0.3 is 0 Å². The van der Waals surface area contributed by atoms with Crippen molar-refractivity contribution in [3.63, 3.8) is 0 Å². The predicted octanol–water partition coefficient (Wildman–Crippen LogP) is 6.11. The lowest BCUT2D eigenvalue weighted by atomic mass is 10.2. The molecule has 0 bridgehead atoms. The van der Waals surface area contributed by atoms with Gasteiger partial charge in [-0.25, -0.2) is 10.4 Å². The Morgan fingerprint density at radius 1 is 1.26 bits per heavy atom. The summed E-state index contributed by atoms with van der Waals surface area (Å²) in [4.78, 5) is 16.5. The largest absolute Gasteiger partial charge is 0.506 e. The lowest BCUT2D eigenvalue weighted by Gasteiger charge is -2.02. The van der Waals surface area contributed by atoms with E-state index in [9.17, 15) is 9.90 Å². The van der Waals surface area contributed by atoms with Crippen LogP contribution in [0.25, 0.3) is 10.6 Å². The first-order valence-electron chi connectivity index (χ1n) is 7.28. The van der Waals surface area contributed by atoms with E-state index in [2.05, 4.69) is 47.4 Å². The zero-order chi connectivity index (χ0) is 19.6. The zero-order valence-electron chi connectivity index (χ0n) is 13.2. The average Bonchev–Trinajstić information content (AvgIpc) is 3.12. The van der Waals surface area contributed by atoms with Crippen LogP contribution >= 0.6 is 66.4 Å². The van der Waals surface area contributed by atoms with E-state index in [4.69, 9.17) is 23.2 Å². The van der Waals surface area contributed by atoms with Crippen molar-refractivity contribution in [2.45, 2.75) is 0 Å². The number of hydrogen-bond donors (Lipinski definition) is 2. The number of hydrazone groups is 1. The summed E-state index contributed by atoms with van der Waals surface area (Å²) in [5.74, 6) is -0.366. The number of halogens is 4. The van der Waals surface area contributed by atoms with Gasteiger partial charge in [0.25, 0.3) is 5.91 Å². The summed E-state index contributed by atoms with van der Waals surface area (Å²) in [5, 5.41) is 16.6. The second-order valence-corrected chi connectivity index (χ2v) is 8.52. The molecule has 3 aromatic rings. The topological polar surface area (TPSA) is 74.6 Å². The van der Waals surface area contributed by atoms with Crippen molar-refractivity contribution in [1.82, 2.24) is 10.4 Å². The highest BCUT2D eigenvalue weighted by atomic mass is 79.9. The number of aromatic nitrogens is 1. The van der Waals surface area contributed by atoms with E-state index in [1.54, 1.807) is 35.7 Å². The molecule has 0 fully saturated rings. The standard InChI is InChI=1S/C17H9Br2Cl2N3O2S/c18-10-4-8(5-11(19)15(10)25)6-22-24-16(26)13-7-27-17(23-13)9-2-1-3-12(20)14(9)21/h1-7,25H,(H,24,26). The molecule has 1 aromatic heterocycles. The fourth-order valence-electron chi connectivity index (χ4n) is 2.05. The molecule has 0 unspecified atom stereocenters. The van der Waals surface area contributed by atoms with Gasteiger partial charge in [-0.1, -0.05) is 35.3 Å². The summed E-state index contributed by atoms with van der Waals surface area (Å²) in [6.07, 6.45) is 1.45. The van der Waals surface area contributed by atoms with Gasteiger partial charge in [-0.3, -0.25) is 4.79 Å². The summed E-state index contributed by atoms with van der Waals surface area (Å²) in [6, 6.07) is 8.56. The number of amides is 1. The molecule has 0 aliphatic heterocycles. The van der Waals surface area contributed by atoms with Gasteiger partial charge in [-0.2, -0.15) is 5.10 Å². The monoisotopic (exact) mass is 547 g/mol. The Labute approximate surface area is 185 Å². The number of aromatic hydroxyl groups is 1. The molecule has 2 aromatic carbocycles. The van der Waals surface area contributed by atoms with Crippen LogP contribution in [0.2, 0.25) is 10.0 Å². The number of carbonyl (C=O) groups excluding carboxylic acids is 1. The number of thiazole rings is 1. The summed E-state index contributed by atoms with van der Waals surface area (Å²) < 4.78 is 1.01. The third-order valence-electron chi connectivity index (χ3n) is 3.34. The maximum Gasteiger partial charge on any atom is 0.290 e. The second-order valence-electron chi connectivity index (χ2n) is 5.17. The van der Waals surface area contributed by atoms with Crippen LogP contribution in [0.5, 0.6) is 5.75 Å². The Morgan fingerprint density at radius 2 is 1.96 bits per heavy atom. The quantitative estimate of drug-likeness (QED) is 0.304. The Balaban J connectivity index is 1.72. The first-order chi connectivity index (χ1) is 12.9. The summed E-state index contributed by atoms with van der Waals surface area (Å²) in [7, 11) is 0. The molecule has 0 spiro atoms. The van der Waals surface area contributed by atoms with E-state index in [1.165, 1.54) is 17.6 Å². The van der Waals surface area contributed by atoms with Crippen LogP contribution in [0, 0.1) is 0 Å². The van der Waals surface area contributed by atoms with Crippen LogP contribution in [0.15, 0.2) is 49.8 Å². The van der Waals surface area contributed by atoms with E-state index in [-0.39, 0.29) is 11.4 Å². The van der Waals surface area contributed by atoms with Gasteiger partial charge in [0.05, 0.1) is 25.2 Å². The number of phenols is 1. The number of carbonyl (C=O) groups is 1. The van der Waals surface area contributed by atoms with Gasteiger partial charge in [0, 0.05) is 10.9 Å². The zero-order valence-corrected chi connectivity index (χ0v) is 18.7. The first kappa shape index (κ1) is 20.3. The van der Waals surface area contributed by atoms with Crippen molar-refractivity contribution in [1.29, 1.82) is 0 Å². The Hall–Kier alpha value is -1.45. The summed E-state index contributed by atoms with van der Waals surface area (Å²) >= 11 is 20.0. The average molecular weight is 550 g/mol. The lowest BCUT2D eigenvalue weighted by Crippen LogP contribution is -2.17. The molecule has 10 heteroatoms. The molecule has 27 heavy (non-hydrogen) atoms. The van der Waals surface area contributed by atoms with Gasteiger partial charge < -0.3 is 5.11 Å². The third-order valence-corrected chi connectivity index (χ3v) is 6.24. The maximum atomic E-state index is 12.2. The van der Waals surface area contributed by atoms with Gasteiger partial charge in [-0.05, 0) is 55.6 Å². The van der Waals surface area contributed by atoms with E-state index in [0.717, 1.165) is 0 Å². The number of hydrogen-bond acceptors (Lipinski definition) is 5. The third kappa shape index (κ3) is 4.70. The van der Waals surface area contributed by atoms with Crippen molar-refractivity contribution < 1.29 is 9.90 Å². The molecule has 138 valence electrons. The van der Waals surface area contributed by atoms with Crippen molar-refractivity contribution in [2.24, 2.45) is 5.10 Å². The van der Waals surface area contributed by atoms with Crippen molar-refractivity contribution >= 4 is 78.5 Å². The Morgan fingerprint density at radius 3 is 2.67 bits per heavy atom. The maximum absolute atomic E-state index is 12.2. The first-order valence-corrected chi connectivity index (χ1v) is 10.5. The minimum Gasteiger partial charge on any atom is -0.506 e. The number of phenolic OH excluding ortho intramolecular Hbond substituents is 1. The molecule has 0 atom stereocenters. The number of nitrogens with zero attached hydrogens (tertiary/aromatic N) is 2. The summed E-state index contributed by atoms with van der Waals surface area (Å²) in [5.41, 5.74) is 3.97. The van der Waals surface area contributed by atoms with Crippen LogP contribution in [-0.2, 0) is 0 Å². The van der Waals surface area contributed by atoms with E-state index < -0.39 is 5.91 Å². The summed E-state index contributed by atoms with van der Waals surface area (Å²) in [6.45, 7) is 0. The molecule has 0 saturated heterocycles. The SMILES string of the molecule is O=C(NN=Cc1cc(Br)c(O)c(Br)c1)c1csc(-c2cccc(Cl)c2Cl)n1. The van der Waals surface area contributed by atoms with Crippen LogP contribution < -0.4 is 5.43 Å². The normalized spacial score (nSPS) is 11.1. The molecule has 0 aliphatic rings. The molecule has 3 rings (SSSR count). The molecular weight excluding hydrogens is 541 g/mol. The Bertz CT molecular complexity index is 1030. The molecule has 2 N–H and O–H groups in total. The van der Waals surface area contributed by atoms with Crippen LogP contribution in [-0.4, -0.2) is 22.2 Å². The number of nitrogens with one attached hydrogen (secondary N) is 1. The number of rotatable bonds is 4. The Kier molecular flexibility index (Phi) is 6.54. The smallest absolute Gasteiger partial charge is 0.290 e. The van der Waals surface area contributed by atoms with Gasteiger partial charge in [0.1, 0.15) is 16.5 Å². The molecule has 0 saturated carbocycles. The van der Waals surface area contributed by atoms with Crippen molar-refractivity contribution in [2.75, 3.05) is 0 Å².